The molecule has 0 saturated carbocycles. The summed E-state index contributed by atoms with van der Waals surface area (Å²) in [5.41, 5.74) is 0. The van der Waals surface area contributed by atoms with Crippen molar-refractivity contribution in [2.45, 2.75) is 72.1 Å². The first kappa shape index (κ1) is 18.4. The summed E-state index contributed by atoms with van der Waals surface area (Å²) in [6, 6.07) is 0. The number of nitrogens with zero attached hydrogens (tertiary/aromatic N) is 1. The minimum absolute atomic E-state index is 0.226. The Balaban J connectivity index is 3.42. The number of unbranched alkanes of at least 4 members (excludes halogenated alkanes) is 6. The highest BCUT2D eigenvalue weighted by atomic mass is 16.4. The van der Waals surface area contributed by atoms with Crippen molar-refractivity contribution < 1.29 is 14.4 Å². The molecule has 0 amide bonds. The van der Waals surface area contributed by atoms with Crippen LogP contribution in [0.2, 0.25) is 0 Å². The summed E-state index contributed by atoms with van der Waals surface area (Å²) < 4.78 is 1.26. The Kier molecular flexibility index (Phi) is 10.9. The fourth-order valence-corrected chi connectivity index (χ4v) is 2.75. The van der Waals surface area contributed by atoms with Gasteiger partial charge in [-0.15, -0.1) is 0 Å². The second-order valence-electron chi connectivity index (χ2n) is 5.61. The molecular weight excluding hydrogens is 238 g/mol. The molecule has 0 rings (SSSR count). The molecule has 0 aromatic carbocycles. The van der Waals surface area contributed by atoms with Gasteiger partial charge in [-0.2, -0.15) is 0 Å². The highest BCUT2D eigenvalue weighted by Crippen LogP contribution is 2.12. The van der Waals surface area contributed by atoms with Crippen LogP contribution >= 0.6 is 0 Å². The Morgan fingerprint density at radius 1 is 0.789 bits per heavy atom. The zero-order valence-electron chi connectivity index (χ0n) is 13.2. The molecule has 19 heavy (non-hydrogen) atoms. The standard InChI is InChI=1S/C16H33NO2/c1-4-17(5-2,6-3)15-13-11-9-7-8-10-12-14-16(18)19/h4-15H2,1-3H3. The van der Waals surface area contributed by atoms with Crippen molar-refractivity contribution >= 4 is 5.97 Å². The van der Waals surface area contributed by atoms with E-state index in [-0.39, 0.29) is 6.42 Å². The number of hydrogen-bond donors (Lipinski definition) is 0. The molecule has 0 saturated heterocycles. The molecule has 3 heteroatoms. The molecule has 0 aromatic rings. The maximum absolute atomic E-state index is 10.2. The number of quaternary nitrogens is 1. The van der Waals surface area contributed by atoms with Crippen molar-refractivity contribution in [1.82, 2.24) is 0 Å². The molecule has 0 aromatic heterocycles. The lowest BCUT2D eigenvalue weighted by Gasteiger charge is -2.35. The predicted octanol–water partition coefficient (Wildman–Crippen LogP) is 2.73. The van der Waals surface area contributed by atoms with E-state index >= 15 is 0 Å². The second kappa shape index (κ2) is 11.3. The van der Waals surface area contributed by atoms with Gasteiger partial charge >= 0.3 is 0 Å². The van der Waals surface area contributed by atoms with E-state index in [9.17, 15) is 9.90 Å². The van der Waals surface area contributed by atoms with Crippen LogP contribution in [-0.2, 0) is 4.79 Å². The van der Waals surface area contributed by atoms with Crippen LogP contribution in [0.1, 0.15) is 72.1 Å². The summed E-state index contributed by atoms with van der Waals surface area (Å²) in [5.74, 6) is -0.909. The van der Waals surface area contributed by atoms with Gasteiger partial charge < -0.3 is 14.4 Å². The lowest BCUT2D eigenvalue weighted by molar-refractivity contribution is -0.923. The van der Waals surface area contributed by atoms with E-state index in [1.807, 2.05) is 0 Å². The smallest absolute Gasteiger partial charge is 0.0786 e. The average molecular weight is 271 g/mol. The Morgan fingerprint density at radius 3 is 1.63 bits per heavy atom. The van der Waals surface area contributed by atoms with E-state index in [2.05, 4.69) is 20.8 Å². The average Bonchev–Trinajstić information content (AvgIpc) is 2.41. The van der Waals surface area contributed by atoms with Gasteiger partial charge in [-0.05, 0) is 46.5 Å². The van der Waals surface area contributed by atoms with E-state index in [4.69, 9.17) is 0 Å². The summed E-state index contributed by atoms with van der Waals surface area (Å²) in [6.45, 7) is 11.9. The zero-order valence-corrected chi connectivity index (χ0v) is 13.2. The minimum atomic E-state index is -0.909. The van der Waals surface area contributed by atoms with Crippen LogP contribution in [0.15, 0.2) is 0 Å². The highest BCUT2D eigenvalue weighted by Gasteiger charge is 2.19. The van der Waals surface area contributed by atoms with Gasteiger partial charge in [0.2, 0.25) is 0 Å². The van der Waals surface area contributed by atoms with Crippen LogP contribution in [0, 0.1) is 0 Å². The highest BCUT2D eigenvalue weighted by molar-refractivity contribution is 5.63. The number of carbonyl (C=O) groups is 1. The van der Waals surface area contributed by atoms with Gasteiger partial charge in [-0.25, -0.2) is 0 Å². The predicted molar refractivity (Wildman–Crippen MR) is 78.7 cm³/mol. The van der Waals surface area contributed by atoms with Crippen LogP contribution in [-0.4, -0.2) is 36.6 Å². The van der Waals surface area contributed by atoms with Gasteiger partial charge in [0.1, 0.15) is 0 Å². The van der Waals surface area contributed by atoms with Crippen LogP contribution in [0.3, 0.4) is 0 Å². The van der Waals surface area contributed by atoms with Gasteiger partial charge in [-0.1, -0.05) is 25.7 Å². The van der Waals surface area contributed by atoms with E-state index in [0.29, 0.717) is 0 Å². The molecule has 0 fully saturated rings. The molecule has 0 aliphatic rings. The lowest BCUT2D eigenvalue weighted by Crippen LogP contribution is -2.48. The quantitative estimate of drug-likeness (QED) is 0.382. The maximum atomic E-state index is 10.2. The third kappa shape index (κ3) is 9.04. The number of carboxylic acids is 1. The first-order chi connectivity index (χ1) is 9.10. The van der Waals surface area contributed by atoms with Crippen molar-refractivity contribution in [2.24, 2.45) is 0 Å². The van der Waals surface area contributed by atoms with Gasteiger partial charge in [0, 0.05) is 5.97 Å². The Bertz CT molecular complexity index is 217. The van der Waals surface area contributed by atoms with E-state index < -0.39 is 5.97 Å². The fraction of sp³-hybridized carbons (Fsp3) is 0.938. The van der Waals surface area contributed by atoms with Crippen molar-refractivity contribution in [2.75, 3.05) is 26.2 Å². The molecule has 0 aliphatic heterocycles. The monoisotopic (exact) mass is 271 g/mol. The molecular formula is C16H33NO2. The molecule has 0 radical (unpaired) electrons. The number of rotatable bonds is 13. The topological polar surface area (TPSA) is 40.1 Å². The molecule has 0 spiro atoms. The van der Waals surface area contributed by atoms with Crippen molar-refractivity contribution in [3.8, 4) is 0 Å². The first-order valence-electron chi connectivity index (χ1n) is 8.15. The SMILES string of the molecule is CC[N+](CC)(CC)CCCCCCCCCC(=O)[O-]. The van der Waals surface area contributed by atoms with Crippen molar-refractivity contribution in [1.29, 1.82) is 0 Å². The number of carboxylic acid groups (broad SMARTS) is 1. The molecule has 0 heterocycles. The first-order valence-corrected chi connectivity index (χ1v) is 8.15. The van der Waals surface area contributed by atoms with Gasteiger partial charge in [0.05, 0.1) is 26.2 Å². The Morgan fingerprint density at radius 2 is 1.21 bits per heavy atom. The number of aliphatic carboxylic acids is 1. The van der Waals surface area contributed by atoms with E-state index in [0.717, 1.165) is 12.8 Å². The number of carbonyl (C=O) groups excluding carboxylic acids is 1. The number of hydrogen-bond acceptors (Lipinski definition) is 2. The summed E-state index contributed by atoms with van der Waals surface area (Å²) in [6.07, 6.45) is 8.40. The maximum Gasteiger partial charge on any atom is 0.0786 e. The molecule has 0 N–H and O–H groups in total. The summed E-state index contributed by atoms with van der Waals surface area (Å²) in [7, 11) is 0. The second-order valence-corrected chi connectivity index (χ2v) is 5.61. The van der Waals surface area contributed by atoms with Gasteiger partial charge in [-0.3, -0.25) is 0 Å². The third-order valence-electron chi connectivity index (χ3n) is 4.53. The normalized spacial score (nSPS) is 11.7. The summed E-state index contributed by atoms with van der Waals surface area (Å²) in [4.78, 5) is 10.2. The molecule has 0 unspecified atom stereocenters. The summed E-state index contributed by atoms with van der Waals surface area (Å²) >= 11 is 0. The lowest BCUT2D eigenvalue weighted by atomic mass is 10.1. The summed E-state index contributed by atoms with van der Waals surface area (Å²) in [5, 5.41) is 10.2. The Hall–Kier alpha value is -0.570. The van der Waals surface area contributed by atoms with Crippen LogP contribution < -0.4 is 5.11 Å². The Labute approximate surface area is 119 Å². The van der Waals surface area contributed by atoms with E-state index in [1.165, 1.54) is 62.8 Å². The molecule has 0 aliphatic carbocycles. The van der Waals surface area contributed by atoms with Gasteiger partial charge in [0.15, 0.2) is 0 Å². The van der Waals surface area contributed by atoms with E-state index in [1.54, 1.807) is 0 Å². The molecule has 114 valence electrons. The van der Waals surface area contributed by atoms with Crippen molar-refractivity contribution in [3.63, 3.8) is 0 Å². The van der Waals surface area contributed by atoms with Crippen LogP contribution in [0.25, 0.3) is 0 Å². The molecule has 3 nitrogen and oxygen atoms in total. The van der Waals surface area contributed by atoms with Crippen LogP contribution in [0.5, 0.6) is 0 Å². The largest absolute Gasteiger partial charge is 0.550 e. The van der Waals surface area contributed by atoms with Crippen LogP contribution in [0.4, 0.5) is 0 Å². The van der Waals surface area contributed by atoms with Gasteiger partial charge in [0.25, 0.3) is 0 Å². The third-order valence-corrected chi connectivity index (χ3v) is 4.53. The molecule has 0 atom stereocenters. The fourth-order valence-electron chi connectivity index (χ4n) is 2.75. The minimum Gasteiger partial charge on any atom is -0.550 e. The zero-order chi connectivity index (χ0) is 14.6. The van der Waals surface area contributed by atoms with Crippen molar-refractivity contribution in [3.05, 3.63) is 0 Å². The molecule has 0 bridgehead atoms.